The summed E-state index contributed by atoms with van der Waals surface area (Å²) in [5.41, 5.74) is 12.2. The number of aromatic nitrogens is 6. The Hall–Kier alpha value is -4.41. The molecule has 7 rings (SSSR count). The largest absolute Gasteiger partial charge is 0.352 e. The lowest BCUT2D eigenvalue weighted by Crippen LogP contribution is -2.56. The van der Waals surface area contributed by atoms with Gasteiger partial charge in [-0.3, -0.25) is 19.9 Å². The number of rotatable bonds is 5. The first-order chi connectivity index (χ1) is 18.0. The number of nitrogens with two attached hydrogens (primary N) is 1. The summed E-state index contributed by atoms with van der Waals surface area (Å²) < 4.78 is 0. The number of aromatic amines is 2. The number of pyridine rings is 1. The number of nitrogens with one attached hydrogen (secondary N) is 2. The number of carbonyl (C=O) groups is 1. The molecular formula is C27H22N8OS. The van der Waals surface area contributed by atoms with Crippen molar-refractivity contribution < 1.29 is 4.79 Å². The van der Waals surface area contributed by atoms with Crippen molar-refractivity contribution in [1.29, 1.82) is 0 Å². The number of anilines is 1. The highest BCUT2D eigenvalue weighted by Gasteiger charge is 2.24. The summed E-state index contributed by atoms with van der Waals surface area (Å²) in [6.07, 6.45) is 7.21. The van der Waals surface area contributed by atoms with Crippen LogP contribution >= 0.6 is 11.3 Å². The summed E-state index contributed by atoms with van der Waals surface area (Å²) in [5.74, 6) is 0.900. The van der Waals surface area contributed by atoms with Gasteiger partial charge in [0.1, 0.15) is 11.5 Å². The lowest BCUT2D eigenvalue weighted by Gasteiger charge is -2.37. The van der Waals surface area contributed by atoms with Crippen molar-refractivity contribution in [3.63, 3.8) is 0 Å². The maximum atomic E-state index is 11.8. The van der Waals surface area contributed by atoms with Gasteiger partial charge in [-0.1, -0.05) is 6.07 Å². The molecule has 9 nitrogen and oxygen atoms in total. The van der Waals surface area contributed by atoms with Crippen LogP contribution in [-0.2, 0) is 0 Å². The fourth-order valence-electron chi connectivity index (χ4n) is 4.77. The fourth-order valence-corrected chi connectivity index (χ4v) is 5.70. The zero-order chi connectivity index (χ0) is 25.1. The molecule has 4 N–H and O–H groups in total. The molecule has 1 aliphatic heterocycles. The minimum atomic E-state index is 0.0635. The second kappa shape index (κ2) is 8.32. The smallest absolute Gasteiger partial charge is 0.169 e. The number of hydrogen-bond donors (Lipinski definition) is 3. The normalized spacial score (nSPS) is 13.9. The third-order valence-electron chi connectivity index (χ3n) is 6.73. The first-order valence-electron chi connectivity index (χ1n) is 11.9. The van der Waals surface area contributed by atoms with E-state index in [1.807, 2.05) is 36.7 Å². The average Bonchev–Trinajstić information content (AvgIpc) is 3.64. The summed E-state index contributed by atoms with van der Waals surface area (Å²) in [4.78, 5) is 32.8. The predicted molar refractivity (Wildman–Crippen MR) is 146 cm³/mol. The number of thiophene rings is 1. The van der Waals surface area contributed by atoms with E-state index in [1.165, 1.54) is 11.3 Å². The molecule has 0 amide bonds. The van der Waals surface area contributed by atoms with Crippen LogP contribution in [0.4, 0.5) is 5.82 Å². The van der Waals surface area contributed by atoms with Gasteiger partial charge in [0, 0.05) is 52.1 Å². The average molecular weight is 507 g/mol. The molecular weight excluding hydrogens is 484 g/mol. The van der Waals surface area contributed by atoms with E-state index >= 15 is 0 Å². The highest BCUT2D eigenvalue weighted by Crippen LogP contribution is 2.37. The van der Waals surface area contributed by atoms with Crippen molar-refractivity contribution in [3.8, 4) is 33.1 Å². The molecule has 0 unspecified atom stereocenters. The van der Waals surface area contributed by atoms with Crippen LogP contribution < -0.4 is 10.6 Å². The van der Waals surface area contributed by atoms with Crippen molar-refractivity contribution in [3.05, 3.63) is 66.1 Å². The van der Waals surface area contributed by atoms with Gasteiger partial charge >= 0.3 is 0 Å². The van der Waals surface area contributed by atoms with Gasteiger partial charge < -0.3 is 15.6 Å². The topological polar surface area (TPSA) is 129 Å². The minimum Gasteiger partial charge on any atom is -0.352 e. The number of H-pyrrole nitrogens is 2. The van der Waals surface area contributed by atoms with Crippen molar-refractivity contribution in [2.24, 2.45) is 5.73 Å². The lowest BCUT2D eigenvalue weighted by atomic mass is 10.1. The Morgan fingerprint density at radius 2 is 1.89 bits per heavy atom. The van der Waals surface area contributed by atoms with Gasteiger partial charge in [0.2, 0.25) is 0 Å². The monoisotopic (exact) mass is 506 g/mol. The van der Waals surface area contributed by atoms with Gasteiger partial charge in [-0.25, -0.2) is 4.98 Å². The highest BCUT2D eigenvalue weighted by atomic mass is 32.1. The molecule has 0 saturated carbocycles. The predicted octanol–water partition coefficient (Wildman–Crippen LogP) is 4.64. The summed E-state index contributed by atoms with van der Waals surface area (Å²) in [6, 6.07) is 12.3. The first-order valence-corrected chi connectivity index (χ1v) is 12.7. The number of carbonyl (C=O) groups excluding carboxylic acids is 1. The minimum absolute atomic E-state index is 0.0635. The lowest BCUT2D eigenvalue weighted by molar-refractivity contribution is 0.102. The highest BCUT2D eigenvalue weighted by molar-refractivity contribution is 7.17. The maximum Gasteiger partial charge on any atom is 0.169 e. The molecule has 182 valence electrons. The van der Waals surface area contributed by atoms with E-state index in [4.69, 9.17) is 10.7 Å². The van der Waals surface area contributed by atoms with Crippen LogP contribution in [0.25, 0.3) is 54.9 Å². The van der Waals surface area contributed by atoms with Crippen molar-refractivity contribution >= 4 is 44.7 Å². The molecule has 0 spiro atoms. The van der Waals surface area contributed by atoms with E-state index in [2.05, 4.69) is 42.2 Å². The van der Waals surface area contributed by atoms with Crippen LogP contribution in [-0.4, -0.2) is 55.0 Å². The van der Waals surface area contributed by atoms with Gasteiger partial charge in [0.15, 0.2) is 5.78 Å². The molecule has 1 saturated heterocycles. The zero-order valence-corrected chi connectivity index (χ0v) is 20.7. The van der Waals surface area contributed by atoms with E-state index in [9.17, 15) is 4.79 Å². The van der Waals surface area contributed by atoms with Gasteiger partial charge in [-0.2, -0.15) is 5.10 Å². The zero-order valence-electron chi connectivity index (χ0n) is 19.9. The Morgan fingerprint density at radius 3 is 2.70 bits per heavy atom. The quantitative estimate of drug-likeness (QED) is 0.290. The molecule has 5 aromatic heterocycles. The van der Waals surface area contributed by atoms with E-state index in [-0.39, 0.29) is 11.8 Å². The molecule has 1 aromatic carbocycles. The molecule has 10 heteroatoms. The van der Waals surface area contributed by atoms with E-state index in [1.54, 1.807) is 19.3 Å². The van der Waals surface area contributed by atoms with Crippen LogP contribution in [0.15, 0.2) is 61.2 Å². The van der Waals surface area contributed by atoms with E-state index in [0.29, 0.717) is 0 Å². The third kappa shape index (κ3) is 3.69. The Bertz CT molecular complexity index is 1810. The molecule has 0 atom stereocenters. The SMILES string of the molecule is CC(=O)c1ccc(-c2cncc3[nH]c(-c4n[nH]c5ccc(-c6cncc(N7CC(N)C7)n6)cc45)cc23)s1. The Kier molecular flexibility index (Phi) is 4.91. The molecule has 0 bridgehead atoms. The van der Waals surface area contributed by atoms with Crippen molar-refractivity contribution in [1.82, 2.24) is 30.1 Å². The summed E-state index contributed by atoms with van der Waals surface area (Å²) in [5, 5.41) is 9.78. The summed E-state index contributed by atoms with van der Waals surface area (Å²) in [7, 11) is 0. The number of fused-ring (bicyclic) bond motifs is 2. The Balaban J connectivity index is 1.29. The standard InChI is InChI=1S/C27H22N8OS/c1-14(36)24-4-5-25(37-24)19-8-29-10-23-17(19)7-21(31-23)27-18-6-15(2-3-20(18)33-34-27)22-9-30-11-26(32-22)35-12-16(28)13-35/h2-11,16,31H,12-13,28H2,1H3,(H,33,34). The van der Waals surface area contributed by atoms with Crippen LogP contribution in [0.2, 0.25) is 0 Å². The van der Waals surface area contributed by atoms with Gasteiger partial charge in [0.25, 0.3) is 0 Å². The number of benzene rings is 1. The number of hydrogen-bond acceptors (Lipinski definition) is 8. The molecule has 37 heavy (non-hydrogen) atoms. The number of ketones is 1. The van der Waals surface area contributed by atoms with Crippen LogP contribution in [0.5, 0.6) is 0 Å². The first kappa shape index (κ1) is 21.8. The van der Waals surface area contributed by atoms with Crippen LogP contribution in [0.3, 0.4) is 0 Å². The molecule has 0 aliphatic carbocycles. The molecule has 6 heterocycles. The van der Waals surface area contributed by atoms with E-state index in [0.717, 1.165) is 78.7 Å². The number of nitrogens with zero attached hydrogens (tertiary/aromatic N) is 5. The third-order valence-corrected chi connectivity index (χ3v) is 7.95. The number of Topliss-reactive ketones (excluding diaryl/α,β-unsaturated/α-hetero) is 1. The van der Waals surface area contributed by atoms with Gasteiger partial charge in [-0.05, 0) is 37.3 Å². The van der Waals surface area contributed by atoms with Crippen LogP contribution in [0.1, 0.15) is 16.6 Å². The second-order valence-corrected chi connectivity index (χ2v) is 10.4. The summed E-state index contributed by atoms with van der Waals surface area (Å²) in [6.45, 7) is 3.17. The van der Waals surface area contributed by atoms with Crippen molar-refractivity contribution in [2.45, 2.75) is 13.0 Å². The maximum absolute atomic E-state index is 11.8. The Labute approximate surface area is 215 Å². The molecule has 1 fully saturated rings. The van der Waals surface area contributed by atoms with Crippen LogP contribution in [0, 0.1) is 0 Å². The molecule has 0 radical (unpaired) electrons. The summed E-state index contributed by atoms with van der Waals surface area (Å²) >= 11 is 1.48. The van der Waals surface area contributed by atoms with Gasteiger partial charge in [0.05, 0.1) is 45.9 Å². The van der Waals surface area contributed by atoms with Crippen molar-refractivity contribution in [2.75, 3.05) is 18.0 Å². The van der Waals surface area contributed by atoms with Gasteiger partial charge in [-0.15, -0.1) is 11.3 Å². The molecule has 1 aliphatic rings. The molecule has 6 aromatic rings. The fraction of sp³-hybridized carbons (Fsp3) is 0.148. The van der Waals surface area contributed by atoms with E-state index < -0.39 is 0 Å². The second-order valence-electron chi connectivity index (χ2n) is 9.31. The Morgan fingerprint density at radius 1 is 1.03 bits per heavy atom.